The molecule has 1 fully saturated rings. The monoisotopic (exact) mass is 316 g/mol. The Morgan fingerprint density at radius 3 is 2.87 bits per heavy atom. The summed E-state index contributed by atoms with van der Waals surface area (Å²) >= 11 is 0. The third-order valence-electron chi connectivity index (χ3n) is 3.84. The Labute approximate surface area is 134 Å². The van der Waals surface area contributed by atoms with Gasteiger partial charge in [-0.2, -0.15) is 5.10 Å². The van der Waals surface area contributed by atoms with E-state index in [0.29, 0.717) is 25.5 Å². The van der Waals surface area contributed by atoms with Crippen LogP contribution in [0.2, 0.25) is 0 Å². The fourth-order valence-corrected chi connectivity index (χ4v) is 2.68. The molecule has 0 spiro atoms. The number of H-pyrrole nitrogens is 1. The molecule has 1 aromatic heterocycles. The highest BCUT2D eigenvalue weighted by molar-refractivity contribution is 5.82. The van der Waals surface area contributed by atoms with Crippen LogP contribution in [0, 0.1) is 6.92 Å². The smallest absolute Gasteiger partial charge is 0.256 e. The van der Waals surface area contributed by atoms with E-state index in [9.17, 15) is 4.79 Å². The number of hydrogen-bond donors (Lipinski definition) is 1. The summed E-state index contributed by atoms with van der Waals surface area (Å²) in [6.07, 6.45) is -0.922. The highest BCUT2D eigenvalue weighted by Crippen LogP contribution is 2.24. The third-order valence-corrected chi connectivity index (χ3v) is 3.84. The SMILES string of the molecule is COC(C(=O)N1CCOC(c2n[nH]c(C)n2)C1)c1ccccc1. The molecule has 2 aromatic rings. The zero-order chi connectivity index (χ0) is 16.2. The maximum atomic E-state index is 12.8. The predicted molar refractivity (Wildman–Crippen MR) is 82.6 cm³/mol. The van der Waals surface area contributed by atoms with Crippen LogP contribution in [0.5, 0.6) is 0 Å². The van der Waals surface area contributed by atoms with Crippen molar-refractivity contribution in [2.24, 2.45) is 0 Å². The molecule has 2 atom stereocenters. The van der Waals surface area contributed by atoms with Crippen LogP contribution in [0.3, 0.4) is 0 Å². The lowest BCUT2D eigenvalue weighted by Gasteiger charge is -2.33. The van der Waals surface area contributed by atoms with Crippen molar-refractivity contribution in [1.29, 1.82) is 0 Å². The van der Waals surface area contributed by atoms with Crippen LogP contribution in [0.4, 0.5) is 0 Å². The number of methoxy groups -OCH3 is 1. The quantitative estimate of drug-likeness (QED) is 0.922. The molecule has 1 aromatic carbocycles. The number of aryl methyl sites for hydroxylation is 1. The van der Waals surface area contributed by atoms with Gasteiger partial charge in [0.1, 0.15) is 11.9 Å². The largest absolute Gasteiger partial charge is 0.367 e. The molecule has 1 aliphatic heterocycles. The van der Waals surface area contributed by atoms with Crippen LogP contribution >= 0.6 is 0 Å². The summed E-state index contributed by atoms with van der Waals surface area (Å²) in [4.78, 5) is 18.9. The van der Waals surface area contributed by atoms with Crippen molar-refractivity contribution in [2.75, 3.05) is 26.8 Å². The van der Waals surface area contributed by atoms with Gasteiger partial charge in [0, 0.05) is 13.7 Å². The van der Waals surface area contributed by atoms with Crippen molar-refractivity contribution >= 4 is 5.91 Å². The van der Waals surface area contributed by atoms with E-state index in [2.05, 4.69) is 15.2 Å². The molecule has 3 rings (SSSR count). The van der Waals surface area contributed by atoms with E-state index in [1.165, 1.54) is 0 Å². The summed E-state index contributed by atoms with van der Waals surface area (Å²) in [5, 5.41) is 6.93. The van der Waals surface area contributed by atoms with Crippen molar-refractivity contribution in [2.45, 2.75) is 19.1 Å². The predicted octanol–water partition coefficient (Wildman–Crippen LogP) is 1.40. The number of aromatic amines is 1. The number of carbonyl (C=O) groups excluding carboxylic acids is 1. The van der Waals surface area contributed by atoms with Gasteiger partial charge < -0.3 is 14.4 Å². The first-order chi connectivity index (χ1) is 11.2. The first kappa shape index (κ1) is 15.6. The Balaban J connectivity index is 1.73. The third kappa shape index (κ3) is 3.40. The Morgan fingerprint density at radius 2 is 2.22 bits per heavy atom. The van der Waals surface area contributed by atoms with Crippen LogP contribution in [0.25, 0.3) is 0 Å². The summed E-state index contributed by atoms with van der Waals surface area (Å²) in [7, 11) is 1.55. The number of hydrogen-bond acceptors (Lipinski definition) is 5. The van der Waals surface area contributed by atoms with Gasteiger partial charge in [0.15, 0.2) is 11.9 Å². The Hall–Kier alpha value is -2.25. The molecule has 7 nitrogen and oxygen atoms in total. The van der Waals surface area contributed by atoms with Crippen LogP contribution in [0.15, 0.2) is 30.3 Å². The van der Waals surface area contributed by atoms with E-state index >= 15 is 0 Å². The van der Waals surface area contributed by atoms with E-state index < -0.39 is 6.10 Å². The van der Waals surface area contributed by atoms with Crippen molar-refractivity contribution < 1.29 is 14.3 Å². The Morgan fingerprint density at radius 1 is 1.43 bits per heavy atom. The molecule has 1 aliphatic rings. The van der Waals surface area contributed by atoms with E-state index in [0.717, 1.165) is 11.4 Å². The van der Waals surface area contributed by atoms with Crippen LogP contribution in [0.1, 0.15) is 29.4 Å². The van der Waals surface area contributed by atoms with Crippen LogP contribution < -0.4 is 0 Å². The molecule has 1 saturated heterocycles. The summed E-state index contributed by atoms with van der Waals surface area (Å²) in [5.41, 5.74) is 0.844. The number of carbonyl (C=O) groups is 1. The van der Waals surface area contributed by atoms with E-state index in [4.69, 9.17) is 9.47 Å². The van der Waals surface area contributed by atoms with Gasteiger partial charge in [0.05, 0.1) is 13.2 Å². The highest BCUT2D eigenvalue weighted by atomic mass is 16.5. The lowest BCUT2D eigenvalue weighted by atomic mass is 10.1. The topological polar surface area (TPSA) is 80.3 Å². The second kappa shape index (κ2) is 6.89. The Bertz CT molecular complexity index is 658. The molecular formula is C16H20N4O3. The normalized spacial score (nSPS) is 19.6. The average Bonchev–Trinajstić information content (AvgIpc) is 3.03. The molecule has 0 saturated carbocycles. The van der Waals surface area contributed by atoms with E-state index in [1.807, 2.05) is 37.3 Å². The minimum absolute atomic E-state index is 0.0701. The minimum atomic E-state index is -0.608. The lowest BCUT2D eigenvalue weighted by Crippen LogP contribution is -2.45. The molecule has 122 valence electrons. The second-order valence-electron chi connectivity index (χ2n) is 5.45. The molecule has 7 heteroatoms. The van der Waals surface area contributed by atoms with Gasteiger partial charge in [-0.05, 0) is 12.5 Å². The van der Waals surface area contributed by atoms with Crippen molar-refractivity contribution in [3.63, 3.8) is 0 Å². The van der Waals surface area contributed by atoms with Crippen molar-refractivity contribution in [3.05, 3.63) is 47.5 Å². The minimum Gasteiger partial charge on any atom is -0.367 e. The van der Waals surface area contributed by atoms with Crippen molar-refractivity contribution in [1.82, 2.24) is 20.1 Å². The van der Waals surface area contributed by atoms with Gasteiger partial charge >= 0.3 is 0 Å². The number of nitrogens with one attached hydrogen (secondary N) is 1. The summed E-state index contributed by atoms with van der Waals surface area (Å²) in [5.74, 6) is 1.24. The first-order valence-electron chi connectivity index (χ1n) is 7.56. The highest BCUT2D eigenvalue weighted by Gasteiger charge is 2.32. The first-order valence-corrected chi connectivity index (χ1v) is 7.56. The molecule has 0 radical (unpaired) electrons. The van der Waals surface area contributed by atoms with Crippen LogP contribution in [-0.2, 0) is 14.3 Å². The van der Waals surface area contributed by atoms with Gasteiger partial charge in [-0.25, -0.2) is 4.98 Å². The van der Waals surface area contributed by atoms with Crippen molar-refractivity contribution in [3.8, 4) is 0 Å². The van der Waals surface area contributed by atoms with Gasteiger partial charge in [-0.15, -0.1) is 0 Å². The zero-order valence-corrected chi connectivity index (χ0v) is 13.2. The molecule has 0 bridgehead atoms. The maximum absolute atomic E-state index is 12.8. The number of morpholine rings is 1. The number of nitrogens with zero attached hydrogens (tertiary/aromatic N) is 3. The number of rotatable bonds is 4. The summed E-state index contributed by atoms with van der Waals surface area (Å²) in [6, 6.07) is 9.49. The van der Waals surface area contributed by atoms with Gasteiger partial charge in [-0.1, -0.05) is 30.3 Å². The summed E-state index contributed by atoms with van der Waals surface area (Å²) in [6.45, 7) is 3.24. The number of amides is 1. The van der Waals surface area contributed by atoms with Crippen LogP contribution in [-0.4, -0.2) is 52.8 Å². The molecule has 1 amide bonds. The molecule has 0 aliphatic carbocycles. The van der Waals surface area contributed by atoms with Gasteiger partial charge in [0.25, 0.3) is 5.91 Å². The number of ether oxygens (including phenoxy) is 2. The summed E-state index contributed by atoms with van der Waals surface area (Å²) < 4.78 is 11.1. The maximum Gasteiger partial charge on any atom is 0.256 e. The van der Waals surface area contributed by atoms with E-state index in [1.54, 1.807) is 12.0 Å². The number of aromatic nitrogens is 3. The second-order valence-corrected chi connectivity index (χ2v) is 5.45. The molecule has 1 N–H and O–H groups in total. The molecule has 2 unspecified atom stereocenters. The fourth-order valence-electron chi connectivity index (χ4n) is 2.68. The fraction of sp³-hybridized carbons (Fsp3) is 0.438. The van der Waals surface area contributed by atoms with Gasteiger partial charge in [0.2, 0.25) is 0 Å². The van der Waals surface area contributed by atoms with Gasteiger partial charge in [-0.3, -0.25) is 9.89 Å². The lowest BCUT2D eigenvalue weighted by molar-refractivity contribution is -0.150. The molecule has 23 heavy (non-hydrogen) atoms. The Kier molecular flexibility index (Phi) is 4.68. The van der Waals surface area contributed by atoms with E-state index in [-0.39, 0.29) is 12.0 Å². The number of benzene rings is 1. The molecular weight excluding hydrogens is 296 g/mol. The standard InChI is InChI=1S/C16H20N4O3/c1-11-17-15(19-18-11)13-10-20(8-9-23-13)16(21)14(22-2)12-6-4-3-5-7-12/h3-7,13-14H,8-10H2,1-2H3,(H,17,18,19). The average molecular weight is 316 g/mol. The zero-order valence-electron chi connectivity index (χ0n) is 13.2. The molecule has 2 heterocycles.